The van der Waals surface area contributed by atoms with Crippen LogP contribution in [0.5, 0.6) is 11.5 Å². The zero-order valence-electron chi connectivity index (χ0n) is 14.7. The summed E-state index contributed by atoms with van der Waals surface area (Å²) in [7, 11) is 0. The van der Waals surface area contributed by atoms with Crippen molar-refractivity contribution in [3.63, 3.8) is 0 Å². The van der Waals surface area contributed by atoms with E-state index in [0.29, 0.717) is 17.5 Å². The highest BCUT2D eigenvalue weighted by Crippen LogP contribution is 2.32. The van der Waals surface area contributed by atoms with Gasteiger partial charge in [-0.3, -0.25) is 10.1 Å². The molecule has 0 aliphatic carbocycles. The number of para-hydroxylation sites is 1. The number of aromatic nitrogens is 1. The molecule has 0 fully saturated rings. The molecule has 1 amide bonds. The van der Waals surface area contributed by atoms with Crippen molar-refractivity contribution < 1.29 is 14.3 Å². The Bertz CT molecular complexity index is 875. The molecule has 3 rings (SSSR count). The van der Waals surface area contributed by atoms with Crippen molar-refractivity contribution in [1.29, 1.82) is 0 Å². The molecule has 0 saturated heterocycles. The van der Waals surface area contributed by atoms with E-state index >= 15 is 0 Å². The molecule has 3 aromatic rings. The first-order valence-electron chi connectivity index (χ1n) is 8.32. The molecule has 0 radical (unpaired) electrons. The average Bonchev–Trinajstić information content (AvgIpc) is 3.10. The van der Waals surface area contributed by atoms with Crippen LogP contribution in [0.2, 0.25) is 0 Å². The standard InChI is InChI=1S/C20H20N2O3S/c1-3-24-18-7-5-4-6-16(18)17-13-26-20(21-17)22-19(23)12-25-15-10-8-14(2)9-11-15/h4-11,13H,3,12H2,1-2H3,(H,21,22,23). The van der Waals surface area contributed by atoms with Crippen LogP contribution in [0.4, 0.5) is 5.13 Å². The van der Waals surface area contributed by atoms with Crippen molar-refractivity contribution in [1.82, 2.24) is 4.98 Å². The molecule has 0 saturated carbocycles. The van der Waals surface area contributed by atoms with Crippen molar-refractivity contribution in [2.45, 2.75) is 13.8 Å². The number of hydrogen-bond acceptors (Lipinski definition) is 5. The summed E-state index contributed by atoms with van der Waals surface area (Å²) in [5.41, 5.74) is 2.82. The Morgan fingerprint density at radius 3 is 2.65 bits per heavy atom. The summed E-state index contributed by atoms with van der Waals surface area (Å²) >= 11 is 1.37. The van der Waals surface area contributed by atoms with E-state index in [1.807, 2.05) is 67.8 Å². The number of thiazole rings is 1. The number of rotatable bonds is 7. The van der Waals surface area contributed by atoms with Crippen LogP contribution in [0.15, 0.2) is 53.9 Å². The third-order valence-electron chi connectivity index (χ3n) is 3.60. The third kappa shape index (κ3) is 4.61. The fourth-order valence-electron chi connectivity index (χ4n) is 2.35. The Labute approximate surface area is 156 Å². The lowest BCUT2D eigenvalue weighted by atomic mass is 10.1. The summed E-state index contributed by atoms with van der Waals surface area (Å²) in [5, 5.41) is 5.20. The number of benzene rings is 2. The first-order chi connectivity index (χ1) is 12.7. The molecule has 0 unspecified atom stereocenters. The predicted octanol–water partition coefficient (Wildman–Crippen LogP) is 4.53. The van der Waals surface area contributed by atoms with Gasteiger partial charge in [-0.2, -0.15) is 0 Å². The first kappa shape index (κ1) is 17.9. The molecule has 0 atom stereocenters. The van der Waals surface area contributed by atoms with Gasteiger partial charge in [-0.15, -0.1) is 11.3 Å². The monoisotopic (exact) mass is 368 g/mol. The zero-order valence-corrected chi connectivity index (χ0v) is 15.5. The second-order valence-electron chi connectivity index (χ2n) is 5.62. The van der Waals surface area contributed by atoms with E-state index < -0.39 is 0 Å². The minimum absolute atomic E-state index is 0.0620. The Morgan fingerprint density at radius 1 is 1.12 bits per heavy atom. The number of nitrogens with one attached hydrogen (secondary N) is 1. The quantitative estimate of drug-likeness (QED) is 0.665. The summed E-state index contributed by atoms with van der Waals surface area (Å²) in [6.45, 7) is 4.46. The lowest BCUT2D eigenvalue weighted by Crippen LogP contribution is -2.20. The number of aryl methyl sites for hydroxylation is 1. The Kier molecular flexibility index (Phi) is 5.86. The molecule has 1 N–H and O–H groups in total. The second kappa shape index (κ2) is 8.49. The number of anilines is 1. The number of carbonyl (C=O) groups is 1. The molecule has 0 aliphatic heterocycles. The fraction of sp³-hybridized carbons (Fsp3) is 0.200. The molecular weight excluding hydrogens is 348 g/mol. The number of amides is 1. The molecule has 26 heavy (non-hydrogen) atoms. The average molecular weight is 368 g/mol. The van der Waals surface area contributed by atoms with Gasteiger partial charge in [0.05, 0.1) is 12.3 Å². The van der Waals surface area contributed by atoms with E-state index in [4.69, 9.17) is 9.47 Å². The van der Waals surface area contributed by atoms with E-state index in [2.05, 4.69) is 10.3 Å². The van der Waals surface area contributed by atoms with Crippen molar-refractivity contribution in [3.05, 3.63) is 59.5 Å². The molecule has 134 valence electrons. The van der Waals surface area contributed by atoms with Crippen LogP contribution in [0.1, 0.15) is 12.5 Å². The van der Waals surface area contributed by atoms with Crippen molar-refractivity contribution in [2.75, 3.05) is 18.5 Å². The molecule has 6 heteroatoms. The van der Waals surface area contributed by atoms with Crippen molar-refractivity contribution in [3.8, 4) is 22.8 Å². The molecule has 2 aromatic carbocycles. The number of ether oxygens (including phenoxy) is 2. The number of hydrogen-bond donors (Lipinski definition) is 1. The van der Waals surface area contributed by atoms with Gasteiger partial charge in [-0.1, -0.05) is 29.8 Å². The van der Waals surface area contributed by atoms with Gasteiger partial charge in [0.25, 0.3) is 5.91 Å². The minimum Gasteiger partial charge on any atom is -0.493 e. The van der Waals surface area contributed by atoms with Crippen LogP contribution < -0.4 is 14.8 Å². The summed E-state index contributed by atoms with van der Waals surface area (Å²) in [6, 6.07) is 15.3. The van der Waals surface area contributed by atoms with Crippen LogP contribution in [-0.2, 0) is 4.79 Å². The van der Waals surface area contributed by atoms with Crippen LogP contribution in [0.25, 0.3) is 11.3 Å². The highest BCUT2D eigenvalue weighted by Gasteiger charge is 2.12. The van der Waals surface area contributed by atoms with Gasteiger partial charge in [0.1, 0.15) is 11.5 Å². The summed E-state index contributed by atoms with van der Waals surface area (Å²) in [5.74, 6) is 1.20. The first-order valence-corrected chi connectivity index (χ1v) is 9.20. The minimum atomic E-state index is -0.246. The largest absolute Gasteiger partial charge is 0.493 e. The van der Waals surface area contributed by atoms with Crippen molar-refractivity contribution in [2.24, 2.45) is 0 Å². The van der Waals surface area contributed by atoms with Gasteiger partial charge in [-0.05, 0) is 38.1 Å². The Hall–Kier alpha value is -2.86. The Morgan fingerprint density at radius 2 is 1.88 bits per heavy atom. The van der Waals surface area contributed by atoms with Crippen molar-refractivity contribution >= 4 is 22.4 Å². The van der Waals surface area contributed by atoms with Gasteiger partial charge in [0.2, 0.25) is 0 Å². The van der Waals surface area contributed by atoms with Crippen LogP contribution in [0.3, 0.4) is 0 Å². The normalized spacial score (nSPS) is 10.4. The molecule has 0 bridgehead atoms. The van der Waals surface area contributed by atoms with E-state index in [0.717, 1.165) is 22.6 Å². The maximum absolute atomic E-state index is 12.1. The van der Waals surface area contributed by atoms with E-state index in [1.165, 1.54) is 11.3 Å². The Balaban J connectivity index is 1.61. The highest BCUT2D eigenvalue weighted by atomic mass is 32.1. The zero-order chi connectivity index (χ0) is 18.4. The lowest BCUT2D eigenvalue weighted by Gasteiger charge is -2.07. The predicted molar refractivity (Wildman–Crippen MR) is 104 cm³/mol. The molecular formula is C20H20N2O3S. The summed E-state index contributed by atoms with van der Waals surface area (Å²) < 4.78 is 11.1. The fourth-order valence-corrected chi connectivity index (χ4v) is 3.08. The number of nitrogens with zero attached hydrogens (tertiary/aromatic N) is 1. The van der Waals surface area contributed by atoms with Crippen LogP contribution >= 0.6 is 11.3 Å². The summed E-state index contributed by atoms with van der Waals surface area (Å²) in [6.07, 6.45) is 0. The molecule has 5 nitrogen and oxygen atoms in total. The molecule has 0 spiro atoms. The van der Waals surface area contributed by atoms with Gasteiger partial charge < -0.3 is 9.47 Å². The van der Waals surface area contributed by atoms with Gasteiger partial charge >= 0.3 is 0 Å². The third-order valence-corrected chi connectivity index (χ3v) is 4.36. The number of carbonyl (C=O) groups excluding carboxylic acids is 1. The van der Waals surface area contributed by atoms with Crippen LogP contribution in [0, 0.1) is 6.92 Å². The SMILES string of the molecule is CCOc1ccccc1-c1csc(NC(=O)COc2ccc(C)cc2)n1. The maximum atomic E-state index is 12.1. The van der Waals surface area contributed by atoms with E-state index in [9.17, 15) is 4.79 Å². The molecule has 1 aromatic heterocycles. The lowest BCUT2D eigenvalue weighted by molar-refractivity contribution is -0.118. The van der Waals surface area contributed by atoms with E-state index in [1.54, 1.807) is 0 Å². The molecule has 0 aliphatic rings. The summed E-state index contributed by atoms with van der Waals surface area (Å²) in [4.78, 5) is 16.6. The smallest absolute Gasteiger partial charge is 0.264 e. The van der Waals surface area contributed by atoms with Gasteiger partial charge in [-0.25, -0.2) is 4.98 Å². The highest BCUT2D eigenvalue weighted by molar-refractivity contribution is 7.14. The molecule has 1 heterocycles. The van der Waals surface area contributed by atoms with Gasteiger partial charge in [0.15, 0.2) is 11.7 Å². The van der Waals surface area contributed by atoms with Crippen LogP contribution in [-0.4, -0.2) is 24.1 Å². The maximum Gasteiger partial charge on any atom is 0.264 e. The topological polar surface area (TPSA) is 60.5 Å². The second-order valence-corrected chi connectivity index (χ2v) is 6.48. The van der Waals surface area contributed by atoms with E-state index in [-0.39, 0.29) is 12.5 Å². The van der Waals surface area contributed by atoms with Gasteiger partial charge in [0, 0.05) is 10.9 Å².